The zero-order valence-electron chi connectivity index (χ0n) is 16.4. The molecule has 0 radical (unpaired) electrons. The summed E-state index contributed by atoms with van der Waals surface area (Å²) in [6, 6.07) is 3.50. The summed E-state index contributed by atoms with van der Waals surface area (Å²) in [5.41, 5.74) is 0.657. The van der Waals surface area contributed by atoms with Gasteiger partial charge in [-0.05, 0) is 25.5 Å². The van der Waals surface area contributed by atoms with E-state index in [9.17, 15) is 0 Å². The van der Waals surface area contributed by atoms with Crippen LogP contribution in [0.5, 0.6) is 17.2 Å². The highest BCUT2D eigenvalue weighted by molar-refractivity contribution is 7.99. The monoisotopic (exact) mass is 406 g/mol. The Hall–Kier alpha value is -2.75. The van der Waals surface area contributed by atoms with Gasteiger partial charge >= 0.3 is 0 Å². The molecule has 1 atom stereocenters. The molecule has 0 aliphatic carbocycles. The van der Waals surface area contributed by atoms with E-state index < -0.39 is 0 Å². The lowest BCUT2D eigenvalue weighted by molar-refractivity contribution is 0.324. The quantitative estimate of drug-likeness (QED) is 0.485. The molecule has 3 rings (SSSR count). The molecule has 2 heterocycles. The van der Waals surface area contributed by atoms with Crippen molar-refractivity contribution in [1.29, 1.82) is 0 Å². The first-order valence-corrected chi connectivity index (χ1v) is 9.60. The highest BCUT2D eigenvalue weighted by Crippen LogP contribution is 2.41. The number of rotatable bonds is 9. The summed E-state index contributed by atoms with van der Waals surface area (Å²) >= 11 is 1.35. The minimum atomic E-state index is -0.119. The number of hydrogen-bond acceptors (Lipinski definition) is 10. The van der Waals surface area contributed by atoms with Crippen molar-refractivity contribution in [2.75, 3.05) is 21.3 Å². The molecule has 0 N–H and O–H groups in total. The molecular weight excluding hydrogens is 384 g/mol. The van der Waals surface area contributed by atoms with Crippen LogP contribution >= 0.6 is 11.8 Å². The van der Waals surface area contributed by atoms with E-state index in [0.29, 0.717) is 45.6 Å². The lowest BCUT2D eigenvalue weighted by Crippen LogP contribution is -1.95. The molecule has 1 aromatic carbocycles. The Morgan fingerprint density at radius 2 is 1.79 bits per heavy atom. The average Bonchev–Trinajstić information content (AvgIpc) is 3.36. The standard InChI is InChI=1S/C18H22N4O5S/c1-6-7-14-19-16(27-22-14)10(2)28-18-21-20-17(26-18)11-8-12(23-3)15(25-5)13(9-11)24-4/h8-10H,6-7H2,1-5H3. The van der Waals surface area contributed by atoms with Gasteiger partial charge in [0, 0.05) is 12.0 Å². The molecule has 28 heavy (non-hydrogen) atoms. The number of thioether (sulfide) groups is 1. The molecule has 0 amide bonds. The van der Waals surface area contributed by atoms with Gasteiger partial charge in [0.2, 0.25) is 17.5 Å². The minimum absolute atomic E-state index is 0.119. The number of nitrogens with zero attached hydrogens (tertiary/aromatic N) is 4. The van der Waals surface area contributed by atoms with Crippen LogP contribution in [0.15, 0.2) is 26.3 Å². The highest BCUT2D eigenvalue weighted by Gasteiger charge is 2.21. The minimum Gasteiger partial charge on any atom is -0.493 e. The van der Waals surface area contributed by atoms with Crippen LogP contribution in [0, 0.1) is 0 Å². The molecule has 0 aliphatic heterocycles. The Labute approximate surface area is 166 Å². The summed E-state index contributed by atoms with van der Waals surface area (Å²) in [6.45, 7) is 4.01. The zero-order chi connectivity index (χ0) is 20.1. The first-order chi connectivity index (χ1) is 13.6. The topological polar surface area (TPSA) is 106 Å². The predicted octanol–water partition coefficient (Wildman–Crippen LogP) is 3.95. The number of ether oxygens (including phenoxy) is 3. The summed E-state index contributed by atoms with van der Waals surface area (Å²) in [6.07, 6.45) is 1.75. The van der Waals surface area contributed by atoms with Gasteiger partial charge in [0.1, 0.15) is 0 Å². The van der Waals surface area contributed by atoms with Gasteiger partial charge in [-0.25, -0.2) is 0 Å². The Morgan fingerprint density at radius 3 is 2.39 bits per heavy atom. The Morgan fingerprint density at radius 1 is 1.07 bits per heavy atom. The first-order valence-electron chi connectivity index (χ1n) is 8.72. The molecule has 150 valence electrons. The normalized spacial score (nSPS) is 12.0. The van der Waals surface area contributed by atoms with E-state index in [0.717, 1.165) is 12.8 Å². The van der Waals surface area contributed by atoms with Crippen LogP contribution in [-0.4, -0.2) is 41.7 Å². The SMILES string of the molecule is CCCc1noc(C(C)Sc2nnc(-c3cc(OC)c(OC)c(OC)c3)o2)n1. The molecule has 10 heteroatoms. The molecule has 3 aromatic rings. The van der Waals surface area contributed by atoms with Gasteiger partial charge in [-0.3, -0.25) is 0 Å². The largest absolute Gasteiger partial charge is 0.493 e. The van der Waals surface area contributed by atoms with Gasteiger partial charge in [-0.1, -0.05) is 23.8 Å². The molecular formula is C18H22N4O5S. The van der Waals surface area contributed by atoms with E-state index in [2.05, 4.69) is 27.3 Å². The van der Waals surface area contributed by atoms with Crippen LogP contribution in [0.4, 0.5) is 0 Å². The van der Waals surface area contributed by atoms with Crippen LogP contribution in [0.2, 0.25) is 0 Å². The van der Waals surface area contributed by atoms with Crippen molar-refractivity contribution in [1.82, 2.24) is 20.3 Å². The summed E-state index contributed by atoms with van der Waals surface area (Å²) in [5, 5.41) is 12.5. The smallest absolute Gasteiger partial charge is 0.277 e. The van der Waals surface area contributed by atoms with Crippen molar-refractivity contribution >= 4 is 11.8 Å². The van der Waals surface area contributed by atoms with E-state index in [4.69, 9.17) is 23.2 Å². The van der Waals surface area contributed by atoms with E-state index in [1.54, 1.807) is 33.5 Å². The maximum atomic E-state index is 5.79. The van der Waals surface area contributed by atoms with E-state index in [-0.39, 0.29) is 5.25 Å². The number of methoxy groups -OCH3 is 3. The summed E-state index contributed by atoms with van der Waals surface area (Å²) in [4.78, 5) is 4.39. The Bertz CT molecular complexity index is 901. The first kappa shape index (κ1) is 20.0. The second-order valence-electron chi connectivity index (χ2n) is 5.85. The highest BCUT2D eigenvalue weighted by atomic mass is 32.2. The van der Waals surface area contributed by atoms with Crippen molar-refractivity contribution in [2.45, 2.75) is 37.2 Å². The van der Waals surface area contributed by atoms with Crippen molar-refractivity contribution in [3.63, 3.8) is 0 Å². The fourth-order valence-electron chi connectivity index (χ4n) is 2.54. The van der Waals surface area contributed by atoms with Crippen LogP contribution < -0.4 is 14.2 Å². The van der Waals surface area contributed by atoms with Crippen molar-refractivity contribution in [3.8, 4) is 28.7 Å². The van der Waals surface area contributed by atoms with Crippen molar-refractivity contribution < 1.29 is 23.2 Å². The van der Waals surface area contributed by atoms with Crippen molar-refractivity contribution in [2.24, 2.45) is 0 Å². The van der Waals surface area contributed by atoms with Crippen LogP contribution in [-0.2, 0) is 6.42 Å². The number of hydrogen-bond donors (Lipinski definition) is 0. The number of aromatic nitrogens is 4. The third kappa shape index (κ3) is 4.22. The molecule has 9 nitrogen and oxygen atoms in total. The zero-order valence-corrected chi connectivity index (χ0v) is 17.2. The summed E-state index contributed by atoms with van der Waals surface area (Å²) in [7, 11) is 4.65. The Balaban J connectivity index is 1.79. The lowest BCUT2D eigenvalue weighted by atomic mass is 10.2. The third-order valence-electron chi connectivity index (χ3n) is 3.90. The van der Waals surface area contributed by atoms with Crippen LogP contribution in [0.25, 0.3) is 11.5 Å². The fraction of sp³-hybridized carbons (Fsp3) is 0.444. The number of benzene rings is 1. The maximum Gasteiger partial charge on any atom is 0.277 e. The molecule has 0 bridgehead atoms. The average molecular weight is 406 g/mol. The van der Waals surface area contributed by atoms with E-state index >= 15 is 0 Å². The molecule has 0 aliphatic rings. The lowest BCUT2D eigenvalue weighted by Gasteiger charge is -2.12. The van der Waals surface area contributed by atoms with E-state index in [1.807, 2.05) is 6.92 Å². The molecule has 0 fully saturated rings. The summed E-state index contributed by atoms with van der Waals surface area (Å²) < 4.78 is 27.2. The third-order valence-corrected chi connectivity index (χ3v) is 4.82. The summed E-state index contributed by atoms with van der Waals surface area (Å²) in [5.74, 6) is 3.08. The van der Waals surface area contributed by atoms with Gasteiger partial charge in [-0.15, -0.1) is 10.2 Å². The van der Waals surface area contributed by atoms with Gasteiger partial charge in [0.05, 0.1) is 26.6 Å². The van der Waals surface area contributed by atoms with Crippen LogP contribution in [0.1, 0.15) is 37.2 Å². The van der Waals surface area contributed by atoms with Gasteiger partial charge in [0.15, 0.2) is 17.3 Å². The second kappa shape index (κ2) is 8.96. The van der Waals surface area contributed by atoms with Crippen LogP contribution in [0.3, 0.4) is 0 Å². The number of aryl methyl sites for hydroxylation is 1. The molecule has 2 aromatic heterocycles. The fourth-order valence-corrected chi connectivity index (χ4v) is 3.25. The second-order valence-corrected chi connectivity index (χ2v) is 7.14. The molecule has 0 saturated heterocycles. The Kier molecular flexibility index (Phi) is 6.40. The van der Waals surface area contributed by atoms with Gasteiger partial charge in [-0.2, -0.15) is 4.98 Å². The van der Waals surface area contributed by atoms with Gasteiger partial charge < -0.3 is 23.2 Å². The maximum absolute atomic E-state index is 5.79. The van der Waals surface area contributed by atoms with Gasteiger partial charge in [0.25, 0.3) is 5.22 Å². The molecule has 0 saturated carbocycles. The molecule has 0 spiro atoms. The predicted molar refractivity (Wildman–Crippen MR) is 102 cm³/mol. The van der Waals surface area contributed by atoms with E-state index in [1.165, 1.54) is 11.8 Å². The molecule has 1 unspecified atom stereocenters. The van der Waals surface area contributed by atoms with Crippen molar-refractivity contribution in [3.05, 3.63) is 23.8 Å².